The molecule has 1 N–H and O–H groups in total. The molecule has 2 heterocycles. The van der Waals surface area contributed by atoms with Crippen LogP contribution in [0.15, 0.2) is 4.52 Å². The van der Waals surface area contributed by atoms with Crippen molar-refractivity contribution in [3.63, 3.8) is 0 Å². The van der Waals surface area contributed by atoms with Gasteiger partial charge in [0.25, 0.3) is 5.82 Å². The normalized spacial score (nSPS) is 17.5. The van der Waals surface area contributed by atoms with E-state index < -0.39 is 5.97 Å². The summed E-state index contributed by atoms with van der Waals surface area (Å²) in [5.41, 5.74) is 0. The lowest BCUT2D eigenvalue weighted by molar-refractivity contribution is 0.0375. The molecule has 7 nitrogen and oxygen atoms in total. The molecule has 0 saturated carbocycles. The Morgan fingerprint density at radius 3 is 2.81 bits per heavy atom. The first-order valence-electron chi connectivity index (χ1n) is 5.11. The van der Waals surface area contributed by atoms with E-state index in [1.54, 1.807) is 0 Å². The highest BCUT2D eigenvalue weighted by Crippen LogP contribution is 2.02. The molecular formula is C9H13N3O4. The minimum atomic E-state index is -1.17. The van der Waals surface area contributed by atoms with Gasteiger partial charge >= 0.3 is 5.97 Å². The Morgan fingerprint density at radius 1 is 1.44 bits per heavy atom. The fraction of sp³-hybridized carbons (Fsp3) is 0.667. The molecule has 0 radical (unpaired) electrons. The lowest BCUT2D eigenvalue weighted by atomic mass is 10.3. The molecule has 0 unspecified atom stereocenters. The third-order valence-corrected chi connectivity index (χ3v) is 2.40. The predicted molar refractivity (Wildman–Crippen MR) is 52.2 cm³/mol. The van der Waals surface area contributed by atoms with E-state index in [4.69, 9.17) is 14.4 Å². The number of aromatic carboxylic acids is 1. The SMILES string of the molecule is O=C(O)c1noc(CCN2CCOCC2)n1. The van der Waals surface area contributed by atoms with E-state index in [-0.39, 0.29) is 5.82 Å². The molecule has 0 bridgehead atoms. The summed E-state index contributed by atoms with van der Waals surface area (Å²) in [6, 6.07) is 0. The summed E-state index contributed by atoms with van der Waals surface area (Å²) < 4.78 is 10.0. The lowest BCUT2D eigenvalue weighted by Crippen LogP contribution is -2.37. The van der Waals surface area contributed by atoms with Crippen molar-refractivity contribution in [3.05, 3.63) is 11.7 Å². The highest BCUT2D eigenvalue weighted by atomic mass is 16.5. The van der Waals surface area contributed by atoms with E-state index >= 15 is 0 Å². The number of aromatic nitrogens is 2. The summed E-state index contributed by atoms with van der Waals surface area (Å²) in [4.78, 5) is 16.5. The van der Waals surface area contributed by atoms with Gasteiger partial charge in [-0.25, -0.2) is 4.79 Å². The molecule has 1 aliphatic rings. The maximum absolute atomic E-state index is 10.5. The average molecular weight is 227 g/mol. The summed E-state index contributed by atoms with van der Waals surface area (Å²) in [5.74, 6) is -1.08. The van der Waals surface area contributed by atoms with Crippen LogP contribution >= 0.6 is 0 Å². The Balaban J connectivity index is 1.81. The molecule has 7 heteroatoms. The second-order valence-corrected chi connectivity index (χ2v) is 3.52. The van der Waals surface area contributed by atoms with Gasteiger partial charge in [-0.3, -0.25) is 4.90 Å². The zero-order chi connectivity index (χ0) is 11.4. The number of nitrogens with zero attached hydrogens (tertiary/aromatic N) is 3. The van der Waals surface area contributed by atoms with Crippen molar-refractivity contribution in [1.82, 2.24) is 15.0 Å². The van der Waals surface area contributed by atoms with Crippen LogP contribution in [-0.4, -0.2) is 59.0 Å². The lowest BCUT2D eigenvalue weighted by Gasteiger charge is -2.25. The molecule has 16 heavy (non-hydrogen) atoms. The molecule has 1 aromatic rings. The maximum Gasteiger partial charge on any atom is 0.377 e. The smallest absolute Gasteiger partial charge is 0.377 e. The van der Waals surface area contributed by atoms with Gasteiger partial charge in [-0.1, -0.05) is 0 Å². The van der Waals surface area contributed by atoms with Crippen LogP contribution in [-0.2, 0) is 11.2 Å². The molecule has 88 valence electrons. The van der Waals surface area contributed by atoms with E-state index in [0.717, 1.165) is 32.8 Å². The largest absolute Gasteiger partial charge is 0.475 e. The fourth-order valence-electron chi connectivity index (χ4n) is 1.52. The second kappa shape index (κ2) is 5.04. The number of morpholine rings is 1. The van der Waals surface area contributed by atoms with E-state index in [0.29, 0.717) is 12.3 Å². The Morgan fingerprint density at radius 2 is 2.19 bits per heavy atom. The summed E-state index contributed by atoms with van der Waals surface area (Å²) in [6.07, 6.45) is 0.570. The van der Waals surface area contributed by atoms with Crippen molar-refractivity contribution in [2.24, 2.45) is 0 Å². The van der Waals surface area contributed by atoms with Gasteiger partial charge in [0.05, 0.1) is 13.2 Å². The van der Waals surface area contributed by atoms with Gasteiger partial charge in [-0.2, -0.15) is 4.98 Å². The van der Waals surface area contributed by atoms with Gasteiger partial charge in [-0.05, 0) is 5.16 Å². The molecule has 2 rings (SSSR count). The van der Waals surface area contributed by atoms with Crippen molar-refractivity contribution < 1.29 is 19.2 Å². The number of hydrogen-bond donors (Lipinski definition) is 1. The van der Waals surface area contributed by atoms with E-state index in [9.17, 15) is 4.79 Å². The number of carboxylic acid groups (broad SMARTS) is 1. The quantitative estimate of drug-likeness (QED) is 0.751. The second-order valence-electron chi connectivity index (χ2n) is 3.52. The topological polar surface area (TPSA) is 88.7 Å². The van der Waals surface area contributed by atoms with Gasteiger partial charge in [0, 0.05) is 26.1 Å². The van der Waals surface area contributed by atoms with Crippen molar-refractivity contribution >= 4 is 5.97 Å². The Kier molecular flexibility index (Phi) is 3.47. The molecule has 0 aliphatic carbocycles. The third kappa shape index (κ3) is 2.77. The zero-order valence-electron chi connectivity index (χ0n) is 8.76. The zero-order valence-corrected chi connectivity index (χ0v) is 8.76. The van der Waals surface area contributed by atoms with Gasteiger partial charge in [-0.15, -0.1) is 0 Å². The number of hydrogen-bond acceptors (Lipinski definition) is 6. The Bertz CT molecular complexity index is 359. The first kappa shape index (κ1) is 11.0. The molecule has 0 atom stereocenters. The van der Waals surface area contributed by atoms with Crippen molar-refractivity contribution in [2.45, 2.75) is 6.42 Å². The number of ether oxygens (including phenoxy) is 1. The summed E-state index contributed by atoms with van der Waals surface area (Å²) in [6.45, 7) is 4.04. The fourth-order valence-corrected chi connectivity index (χ4v) is 1.52. The van der Waals surface area contributed by atoms with Crippen LogP contribution in [0.4, 0.5) is 0 Å². The predicted octanol–water partition coefficient (Wildman–Crippen LogP) is -0.357. The maximum atomic E-state index is 10.5. The minimum Gasteiger partial charge on any atom is -0.475 e. The minimum absolute atomic E-state index is 0.281. The highest BCUT2D eigenvalue weighted by molar-refractivity contribution is 5.82. The van der Waals surface area contributed by atoms with Crippen LogP contribution < -0.4 is 0 Å². The summed E-state index contributed by atoms with van der Waals surface area (Å²) in [7, 11) is 0. The number of rotatable bonds is 4. The molecule has 0 aromatic carbocycles. The first-order valence-corrected chi connectivity index (χ1v) is 5.11. The average Bonchev–Trinajstić information content (AvgIpc) is 2.76. The molecule has 1 fully saturated rings. The van der Waals surface area contributed by atoms with Gasteiger partial charge < -0.3 is 14.4 Å². The van der Waals surface area contributed by atoms with E-state index in [1.807, 2.05) is 0 Å². The molecular weight excluding hydrogens is 214 g/mol. The summed E-state index contributed by atoms with van der Waals surface area (Å²) >= 11 is 0. The Labute approximate surface area is 92.0 Å². The van der Waals surface area contributed by atoms with Crippen LogP contribution in [0.1, 0.15) is 16.5 Å². The third-order valence-electron chi connectivity index (χ3n) is 2.40. The van der Waals surface area contributed by atoms with Crippen LogP contribution in [0.2, 0.25) is 0 Å². The van der Waals surface area contributed by atoms with Crippen LogP contribution in [0.3, 0.4) is 0 Å². The standard InChI is InChI=1S/C9H13N3O4/c13-9(14)8-10-7(16-11-8)1-2-12-3-5-15-6-4-12/h1-6H2,(H,13,14). The van der Waals surface area contributed by atoms with Gasteiger partial charge in [0.2, 0.25) is 5.89 Å². The number of carboxylic acids is 1. The van der Waals surface area contributed by atoms with Crippen LogP contribution in [0.5, 0.6) is 0 Å². The highest BCUT2D eigenvalue weighted by Gasteiger charge is 2.15. The van der Waals surface area contributed by atoms with Gasteiger partial charge in [0.15, 0.2) is 0 Å². The van der Waals surface area contributed by atoms with Crippen molar-refractivity contribution in [2.75, 3.05) is 32.8 Å². The molecule has 1 saturated heterocycles. The van der Waals surface area contributed by atoms with Crippen molar-refractivity contribution in [3.8, 4) is 0 Å². The molecule has 0 amide bonds. The van der Waals surface area contributed by atoms with E-state index in [2.05, 4.69) is 15.0 Å². The number of carbonyl (C=O) groups is 1. The molecule has 1 aliphatic heterocycles. The summed E-state index contributed by atoms with van der Waals surface area (Å²) in [5, 5.41) is 12.0. The molecule has 1 aromatic heterocycles. The van der Waals surface area contributed by atoms with Gasteiger partial charge in [0.1, 0.15) is 0 Å². The van der Waals surface area contributed by atoms with Crippen LogP contribution in [0, 0.1) is 0 Å². The Hall–Kier alpha value is -1.47. The van der Waals surface area contributed by atoms with E-state index in [1.165, 1.54) is 0 Å². The monoisotopic (exact) mass is 227 g/mol. The molecule has 0 spiro atoms. The first-order chi connectivity index (χ1) is 7.75. The van der Waals surface area contributed by atoms with Crippen molar-refractivity contribution in [1.29, 1.82) is 0 Å². The van der Waals surface area contributed by atoms with Crippen LogP contribution in [0.25, 0.3) is 0 Å².